The number of nitrogens with zero attached hydrogens (tertiary/aromatic N) is 2. The fourth-order valence-corrected chi connectivity index (χ4v) is 4.22. The lowest BCUT2D eigenvalue weighted by Gasteiger charge is -2.29. The molecule has 1 unspecified atom stereocenters. The number of benzene rings is 1. The maximum Gasteiger partial charge on any atom is 0.306 e. The van der Waals surface area contributed by atoms with Gasteiger partial charge in [-0.2, -0.15) is 5.26 Å². The highest BCUT2D eigenvalue weighted by Crippen LogP contribution is 2.26. The predicted molar refractivity (Wildman–Crippen MR) is 110 cm³/mol. The zero-order valence-corrected chi connectivity index (χ0v) is 17.0. The van der Waals surface area contributed by atoms with Crippen molar-refractivity contribution in [3.8, 4) is 6.07 Å². The Balaban J connectivity index is 1.66. The maximum absolute atomic E-state index is 12.7. The number of amides is 1. The van der Waals surface area contributed by atoms with Gasteiger partial charge in [-0.15, -0.1) is 0 Å². The number of hydrogen-bond donors (Lipinski definition) is 2. The Morgan fingerprint density at radius 2 is 1.97 bits per heavy atom. The number of carbonyl (C=O) groups excluding carboxylic acids is 1. The van der Waals surface area contributed by atoms with Crippen LogP contribution in [0.2, 0.25) is 0 Å². The number of nitriles is 1. The lowest BCUT2D eigenvalue weighted by molar-refractivity contribution is -0.143. The molecule has 6 heteroatoms. The molecule has 1 amide bonds. The second-order valence-electron chi connectivity index (χ2n) is 7.97. The van der Waals surface area contributed by atoms with Crippen molar-refractivity contribution in [2.24, 2.45) is 5.92 Å². The van der Waals surface area contributed by atoms with Gasteiger partial charge in [0.15, 0.2) is 0 Å². The fourth-order valence-electron chi connectivity index (χ4n) is 4.22. The number of aliphatic carboxylic acids is 1. The largest absolute Gasteiger partial charge is 0.481 e. The number of carbonyl (C=O) groups is 2. The van der Waals surface area contributed by atoms with Crippen LogP contribution in [0.4, 0.5) is 0 Å². The average Bonchev–Trinajstić information content (AvgIpc) is 2.75. The first-order valence-corrected chi connectivity index (χ1v) is 10.5. The molecule has 1 aromatic carbocycles. The summed E-state index contributed by atoms with van der Waals surface area (Å²) in [6.45, 7) is 3.10. The van der Waals surface area contributed by atoms with Crippen molar-refractivity contribution in [1.29, 1.82) is 5.26 Å². The Morgan fingerprint density at radius 1 is 1.28 bits per heavy atom. The van der Waals surface area contributed by atoms with Crippen LogP contribution < -0.4 is 5.32 Å². The van der Waals surface area contributed by atoms with Crippen LogP contribution >= 0.6 is 0 Å². The third kappa shape index (κ3) is 5.17. The summed E-state index contributed by atoms with van der Waals surface area (Å²) in [6, 6.07) is 8.34. The number of fused-ring (bicyclic) bond motifs is 1. The molecule has 1 atom stereocenters. The van der Waals surface area contributed by atoms with Gasteiger partial charge in [-0.3, -0.25) is 9.59 Å². The normalized spacial score (nSPS) is 18.5. The van der Waals surface area contributed by atoms with Gasteiger partial charge in [0, 0.05) is 19.3 Å². The topological polar surface area (TPSA) is 93.4 Å². The molecule has 1 saturated heterocycles. The van der Waals surface area contributed by atoms with Crippen molar-refractivity contribution in [3.05, 3.63) is 46.7 Å². The molecule has 1 aliphatic carbocycles. The molecular weight excluding hydrogens is 366 g/mol. The van der Waals surface area contributed by atoms with E-state index in [4.69, 9.17) is 5.11 Å². The lowest BCUT2D eigenvalue weighted by atomic mass is 9.88. The van der Waals surface area contributed by atoms with Gasteiger partial charge in [-0.1, -0.05) is 25.1 Å². The van der Waals surface area contributed by atoms with E-state index in [1.54, 1.807) is 6.20 Å². The van der Waals surface area contributed by atoms with Crippen LogP contribution in [-0.2, 0) is 22.4 Å². The second kappa shape index (κ2) is 9.60. The molecule has 0 spiro atoms. The highest BCUT2D eigenvalue weighted by Gasteiger charge is 2.24. The van der Waals surface area contributed by atoms with Crippen molar-refractivity contribution < 1.29 is 14.7 Å². The highest BCUT2D eigenvalue weighted by molar-refractivity contribution is 5.97. The Morgan fingerprint density at radius 3 is 2.59 bits per heavy atom. The van der Waals surface area contributed by atoms with Crippen LogP contribution in [0.3, 0.4) is 0 Å². The number of piperidine rings is 1. The quantitative estimate of drug-likeness (QED) is 0.569. The van der Waals surface area contributed by atoms with Crippen molar-refractivity contribution in [2.75, 3.05) is 13.1 Å². The smallest absolute Gasteiger partial charge is 0.306 e. The summed E-state index contributed by atoms with van der Waals surface area (Å²) in [5, 5.41) is 21.6. The molecule has 0 bridgehead atoms. The zero-order chi connectivity index (χ0) is 20.8. The van der Waals surface area contributed by atoms with Crippen LogP contribution in [-0.4, -0.2) is 35.0 Å². The third-order valence-corrected chi connectivity index (χ3v) is 6.04. The second-order valence-corrected chi connectivity index (χ2v) is 7.97. The van der Waals surface area contributed by atoms with Crippen molar-refractivity contribution in [1.82, 2.24) is 10.2 Å². The van der Waals surface area contributed by atoms with Crippen molar-refractivity contribution in [2.45, 2.75) is 57.9 Å². The molecule has 3 rings (SSSR count). The van der Waals surface area contributed by atoms with Crippen molar-refractivity contribution >= 4 is 11.9 Å². The number of likely N-dealkylation sites (tertiary alicyclic amines) is 1. The van der Waals surface area contributed by atoms with E-state index in [0.29, 0.717) is 25.9 Å². The molecular formula is C23H29N3O3. The summed E-state index contributed by atoms with van der Waals surface area (Å²) in [6.07, 6.45) is 8.03. The zero-order valence-electron chi connectivity index (χ0n) is 17.0. The van der Waals surface area contributed by atoms with Gasteiger partial charge in [-0.25, -0.2) is 0 Å². The summed E-state index contributed by atoms with van der Waals surface area (Å²) in [4.78, 5) is 25.7. The third-order valence-electron chi connectivity index (χ3n) is 6.04. The summed E-state index contributed by atoms with van der Waals surface area (Å²) < 4.78 is 0. The number of aryl methyl sites for hydroxylation is 2. The first kappa shape index (κ1) is 20.9. The Bertz CT molecular complexity index is 832. The summed E-state index contributed by atoms with van der Waals surface area (Å²) in [5.41, 5.74) is 3.93. The first-order valence-electron chi connectivity index (χ1n) is 10.5. The van der Waals surface area contributed by atoms with E-state index in [2.05, 4.69) is 23.5 Å². The van der Waals surface area contributed by atoms with Gasteiger partial charge in [0.2, 0.25) is 0 Å². The molecule has 1 fully saturated rings. The molecule has 0 saturated carbocycles. The highest BCUT2D eigenvalue weighted by atomic mass is 16.4. The van der Waals surface area contributed by atoms with Crippen LogP contribution in [0.25, 0.3) is 0 Å². The van der Waals surface area contributed by atoms with E-state index in [9.17, 15) is 14.9 Å². The van der Waals surface area contributed by atoms with Gasteiger partial charge in [0.1, 0.15) is 11.6 Å². The SMILES string of the molecule is CCC(NC(=O)/C(C#N)=C\N1CCC(C(=O)O)CC1)c1ccc2c(c1)CCCC2. The molecule has 2 aliphatic rings. The van der Waals surface area contributed by atoms with Crippen LogP contribution in [0.15, 0.2) is 30.0 Å². The first-order chi connectivity index (χ1) is 14.0. The van der Waals surface area contributed by atoms with Gasteiger partial charge in [0.05, 0.1) is 12.0 Å². The number of carboxylic acids is 1. The summed E-state index contributed by atoms with van der Waals surface area (Å²) >= 11 is 0. The van der Waals surface area contributed by atoms with E-state index in [0.717, 1.165) is 24.8 Å². The Kier molecular flexibility index (Phi) is 6.92. The Labute approximate surface area is 172 Å². The molecule has 1 aliphatic heterocycles. The summed E-state index contributed by atoms with van der Waals surface area (Å²) in [5.74, 6) is -1.49. The Hall–Kier alpha value is -2.81. The molecule has 2 N–H and O–H groups in total. The average molecular weight is 396 g/mol. The maximum atomic E-state index is 12.7. The van der Waals surface area contributed by atoms with E-state index >= 15 is 0 Å². The van der Waals surface area contributed by atoms with E-state index in [1.165, 1.54) is 24.0 Å². The van der Waals surface area contributed by atoms with Crippen molar-refractivity contribution in [3.63, 3.8) is 0 Å². The van der Waals surface area contributed by atoms with Crippen LogP contribution in [0.5, 0.6) is 0 Å². The lowest BCUT2D eigenvalue weighted by Crippen LogP contribution is -2.35. The van der Waals surface area contributed by atoms with E-state index in [1.807, 2.05) is 17.9 Å². The van der Waals surface area contributed by atoms with E-state index < -0.39 is 5.97 Å². The number of carboxylic acid groups (broad SMARTS) is 1. The standard InChI is InChI=1S/C23H29N3O3/c1-2-21(19-8-7-16-5-3-4-6-18(16)13-19)25-22(27)20(14-24)15-26-11-9-17(10-12-26)23(28)29/h7-8,13,15,17,21H,2-6,9-12H2,1H3,(H,25,27)(H,28,29)/b20-15-. The number of nitrogens with one attached hydrogen (secondary N) is 1. The summed E-state index contributed by atoms with van der Waals surface area (Å²) in [7, 11) is 0. The molecule has 154 valence electrons. The van der Waals surface area contributed by atoms with Crippen LogP contribution in [0, 0.1) is 17.2 Å². The van der Waals surface area contributed by atoms with Gasteiger partial charge in [-0.05, 0) is 61.6 Å². The number of rotatable bonds is 6. The molecule has 1 heterocycles. The van der Waals surface area contributed by atoms with Crippen LogP contribution in [0.1, 0.15) is 61.8 Å². The van der Waals surface area contributed by atoms with Gasteiger partial charge >= 0.3 is 5.97 Å². The molecule has 0 radical (unpaired) electrons. The fraction of sp³-hybridized carbons (Fsp3) is 0.522. The molecule has 0 aromatic heterocycles. The monoisotopic (exact) mass is 395 g/mol. The molecule has 6 nitrogen and oxygen atoms in total. The predicted octanol–water partition coefficient (Wildman–Crippen LogP) is 3.34. The molecule has 1 aromatic rings. The van der Waals surface area contributed by atoms with Gasteiger partial charge < -0.3 is 15.3 Å². The minimum atomic E-state index is -0.775. The minimum Gasteiger partial charge on any atom is -0.481 e. The number of hydrogen-bond acceptors (Lipinski definition) is 4. The van der Waals surface area contributed by atoms with E-state index in [-0.39, 0.29) is 23.4 Å². The molecule has 29 heavy (non-hydrogen) atoms. The minimum absolute atomic E-state index is 0.0650. The van der Waals surface area contributed by atoms with Gasteiger partial charge in [0.25, 0.3) is 5.91 Å².